The maximum Gasteiger partial charge on any atom is 0.0448 e. The summed E-state index contributed by atoms with van der Waals surface area (Å²) in [5.74, 6) is 3.05. The molecular formula is C21H25N3S. The quantitative estimate of drug-likeness (QED) is 0.879. The van der Waals surface area contributed by atoms with Crippen LogP contribution in [0.2, 0.25) is 0 Å². The third-order valence-corrected chi connectivity index (χ3v) is 6.81. The highest BCUT2D eigenvalue weighted by molar-refractivity contribution is 7.98. The van der Waals surface area contributed by atoms with Crippen LogP contribution in [-0.2, 0) is 12.3 Å². The van der Waals surface area contributed by atoms with Gasteiger partial charge in [0, 0.05) is 54.5 Å². The fraction of sp³-hybridized carbons (Fsp3) is 0.429. The molecule has 1 saturated heterocycles. The molecule has 130 valence electrons. The minimum Gasteiger partial charge on any atom is -0.381 e. The van der Waals surface area contributed by atoms with Crippen molar-refractivity contribution >= 4 is 23.1 Å². The Labute approximate surface area is 154 Å². The molecule has 3 nitrogen and oxygen atoms in total. The molecule has 2 unspecified atom stereocenters. The second-order valence-corrected chi connectivity index (χ2v) is 8.43. The maximum absolute atomic E-state index is 3.67. The summed E-state index contributed by atoms with van der Waals surface area (Å²) in [5, 5.41) is 7.29. The number of nitrogens with one attached hydrogen (secondary N) is 2. The standard InChI is InChI=1S/C21H25N3S/c1-2-4-15(5-3-1)12-23-17-10-16-14-25-9-8-24-20-6-7-22-13-19(20)18(11-17)21(16)24/h1-5,10-11,19-20,22-23H,6-9,12-14H2. The molecule has 3 heterocycles. The summed E-state index contributed by atoms with van der Waals surface area (Å²) in [6.45, 7) is 4.39. The molecule has 0 spiro atoms. The van der Waals surface area contributed by atoms with Gasteiger partial charge in [0.05, 0.1) is 0 Å². The summed E-state index contributed by atoms with van der Waals surface area (Å²) in [5.41, 5.74) is 7.29. The molecular weight excluding hydrogens is 326 g/mol. The Kier molecular flexibility index (Phi) is 4.10. The van der Waals surface area contributed by atoms with E-state index < -0.39 is 0 Å². The van der Waals surface area contributed by atoms with Crippen LogP contribution in [0.5, 0.6) is 0 Å². The first kappa shape index (κ1) is 15.6. The van der Waals surface area contributed by atoms with E-state index in [-0.39, 0.29) is 0 Å². The molecule has 2 N–H and O–H groups in total. The second-order valence-electron chi connectivity index (χ2n) is 7.32. The van der Waals surface area contributed by atoms with Crippen LogP contribution in [0, 0.1) is 0 Å². The average Bonchev–Trinajstić information content (AvgIpc) is 2.83. The number of rotatable bonds is 3. The van der Waals surface area contributed by atoms with Crippen LogP contribution in [-0.4, -0.2) is 31.4 Å². The van der Waals surface area contributed by atoms with Crippen molar-refractivity contribution in [3.05, 3.63) is 59.2 Å². The predicted octanol–water partition coefficient (Wildman–Crippen LogP) is 3.81. The Bertz CT molecular complexity index is 761. The van der Waals surface area contributed by atoms with Crippen LogP contribution in [0.1, 0.15) is 29.0 Å². The normalized spacial score (nSPS) is 24.4. The zero-order chi connectivity index (χ0) is 16.6. The fourth-order valence-corrected chi connectivity index (χ4v) is 5.60. The van der Waals surface area contributed by atoms with Gasteiger partial charge < -0.3 is 15.5 Å². The van der Waals surface area contributed by atoms with E-state index in [4.69, 9.17) is 0 Å². The Morgan fingerprint density at radius 2 is 2.12 bits per heavy atom. The van der Waals surface area contributed by atoms with Gasteiger partial charge in [-0.3, -0.25) is 0 Å². The summed E-state index contributed by atoms with van der Waals surface area (Å²) >= 11 is 2.08. The summed E-state index contributed by atoms with van der Waals surface area (Å²) in [6, 6.07) is 16.2. The molecule has 4 heteroatoms. The first-order chi connectivity index (χ1) is 12.4. The van der Waals surface area contributed by atoms with Gasteiger partial charge >= 0.3 is 0 Å². The highest BCUT2D eigenvalue weighted by atomic mass is 32.2. The van der Waals surface area contributed by atoms with Crippen LogP contribution in [0.15, 0.2) is 42.5 Å². The fourth-order valence-electron chi connectivity index (χ4n) is 4.69. The van der Waals surface area contributed by atoms with E-state index in [9.17, 15) is 0 Å². The summed E-state index contributed by atoms with van der Waals surface area (Å²) < 4.78 is 0. The smallest absolute Gasteiger partial charge is 0.0448 e. The summed E-state index contributed by atoms with van der Waals surface area (Å²) in [7, 11) is 0. The molecule has 3 aliphatic rings. The monoisotopic (exact) mass is 351 g/mol. The number of benzene rings is 2. The highest BCUT2D eigenvalue weighted by Crippen LogP contribution is 2.48. The molecule has 0 radical (unpaired) electrons. The van der Waals surface area contributed by atoms with Gasteiger partial charge in [-0.25, -0.2) is 0 Å². The van der Waals surface area contributed by atoms with Crippen LogP contribution in [0.25, 0.3) is 0 Å². The molecule has 1 fully saturated rings. The van der Waals surface area contributed by atoms with E-state index in [1.165, 1.54) is 35.5 Å². The maximum atomic E-state index is 3.67. The number of thioether (sulfide) groups is 1. The molecule has 25 heavy (non-hydrogen) atoms. The Balaban J connectivity index is 1.48. The summed E-state index contributed by atoms with van der Waals surface area (Å²) in [6.07, 6.45) is 1.27. The largest absolute Gasteiger partial charge is 0.381 e. The molecule has 2 atom stereocenters. The van der Waals surface area contributed by atoms with Gasteiger partial charge in [-0.1, -0.05) is 30.3 Å². The topological polar surface area (TPSA) is 27.3 Å². The van der Waals surface area contributed by atoms with E-state index >= 15 is 0 Å². The minimum absolute atomic E-state index is 0.657. The van der Waals surface area contributed by atoms with E-state index in [0.717, 1.165) is 25.4 Å². The van der Waals surface area contributed by atoms with Crippen molar-refractivity contribution in [1.29, 1.82) is 0 Å². The number of fused-ring (bicyclic) bond motifs is 3. The van der Waals surface area contributed by atoms with Gasteiger partial charge in [-0.2, -0.15) is 11.8 Å². The molecule has 3 aliphatic heterocycles. The molecule has 0 saturated carbocycles. The van der Waals surface area contributed by atoms with Gasteiger partial charge in [0.1, 0.15) is 0 Å². The van der Waals surface area contributed by atoms with Crippen molar-refractivity contribution < 1.29 is 0 Å². The lowest BCUT2D eigenvalue weighted by molar-refractivity contribution is 0.406. The molecule has 2 aromatic rings. The van der Waals surface area contributed by atoms with Crippen molar-refractivity contribution in [3.8, 4) is 0 Å². The molecule has 2 aromatic carbocycles. The predicted molar refractivity (Wildman–Crippen MR) is 108 cm³/mol. The van der Waals surface area contributed by atoms with Crippen molar-refractivity contribution in [2.24, 2.45) is 0 Å². The lowest BCUT2D eigenvalue weighted by atomic mass is 9.89. The van der Waals surface area contributed by atoms with Crippen LogP contribution in [0.4, 0.5) is 11.4 Å². The third-order valence-electron chi connectivity index (χ3n) is 5.82. The van der Waals surface area contributed by atoms with Crippen molar-refractivity contribution in [3.63, 3.8) is 0 Å². The Morgan fingerprint density at radius 3 is 3.04 bits per heavy atom. The van der Waals surface area contributed by atoms with E-state index in [0.29, 0.717) is 12.0 Å². The molecule has 5 rings (SSSR count). The zero-order valence-corrected chi connectivity index (χ0v) is 15.3. The van der Waals surface area contributed by atoms with Gasteiger partial charge in [0.2, 0.25) is 0 Å². The lowest BCUT2D eigenvalue weighted by Crippen LogP contribution is -2.44. The Hall–Kier alpha value is -1.65. The molecule has 0 aliphatic carbocycles. The number of anilines is 2. The lowest BCUT2D eigenvalue weighted by Gasteiger charge is -2.33. The average molecular weight is 352 g/mol. The van der Waals surface area contributed by atoms with Gasteiger partial charge in [-0.15, -0.1) is 0 Å². The second kappa shape index (κ2) is 6.58. The number of piperidine rings is 1. The number of hydrogen-bond donors (Lipinski definition) is 2. The number of hydrogen-bond acceptors (Lipinski definition) is 4. The van der Waals surface area contributed by atoms with Crippen molar-refractivity contribution in [1.82, 2.24) is 5.32 Å². The third kappa shape index (κ3) is 2.81. The van der Waals surface area contributed by atoms with Crippen LogP contribution in [0.3, 0.4) is 0 Å². The minimum atomic E-state index is 0.657. The van der Waals surface area contributed by atoms with Crippen molar-refractivity contribution in [2.75, 3.05) is 35.6 Å². The summed E-state index contributed by atoms with van der Waals surface area (Å²) in [4.78, 5) is 2.73. The number of nitrogens with zero attached hydrogens (tertiary/aromatic N) is 1. The molecule has 0 aromatic heterocycles. The SMILES string of the molecule is c1ccc(CNc2cc3c4c(c2)C2CNCCC2N4CCSC3)cc1. The van der Waals surface area contributed by atoms with Crippen LogP contribution >= 0.6 is 11.8 Å². The van der Waals surface area contributed by atoms with E-state index in [2.05, 4.69) is 69.8 Å². The first-order valence-corrected chi connectivity index (χ1v) is 10.6. The first-order valence-electron chi connectivity index (χ1n) is 9.40. The highest BCUT2D eigenvalue weighted by Gasteiger charge is 2.41. The van der Waals surface area contributed by atoms with Gasteiger partial charge in [0.15, 0.2) is 0 Å². The van der Waals surface area contributed by atoms with E-state index in [1.54, 1.807) is 11.3 Å². The Morgan fingerprint density at radius 1 is 1.20 bits per heavy atom. The van der Waals surface area contributed by atoms with Gasteiger partial charge in [-0.05, 0) is 41.8 Å². The van der Waals surface area contributed by atoms with Gasteiger partial charge in [0.25, 0.3) is 0 Å². The molecule has 0 bridgehead atoms. The van der Waals surface area contributed by atoms with E-state index in [1.807, 2.05) is 0 Å². The van der Waals surface area contributed by atoms with Crippen LogP contribution < -0.4 is 15.5 Å². The van der Waals surface area contributed by atoms with Crippen molar-refractivity contribution in [2.45, 2.75) is 30.7 Å². The zero-order valence-electron chi connectivity index (χ0n) is 14.5. The molecule has 0 amide bonds.